The van der Waals surface area contributed by atoms with Gasteiger partial charge in [0.1, 0.15) is 5.82 Å². The zero-order valence-corrected chi connectivity index (χ0v) is 19.8. The first-order chi connectivity index (χ1) is 16.7. The lowest BCUT2D eigenvalue weighted by atomic mass is 9.90. The number of aromatic nitrogens is 3. The number of β-amino-alcohol motifs (C(OH)–C–C–N with tert-alkyl or cyclic N) is 1. The molecule has 2 N–H and O–H groups in total. The first-order valence-electron chi connectivity index (χ1n) is 11.9. The van der Waals surface area contributed by atoms with Crippen LogP contribution in [-0.2, 0) is 19.5 Å². The van der Waals surface area contributed by atoms with Crippen molar-refractivity contribution in [2.24, 2.45) is 0 Å². The third-order valence-electron chi connectivity index (χ3n) is 6.98. The van der Waals surface area contributed by atoms with Crippen LogP contribution < -0.4 is 5.32 Å². The molecule has 0 bridgehead atoms. The largest absolute Gasteiger partial charge is 0.395 e. The van der Waals surface area contributed by atoms with Crippen molar-refractivity contribution in [3.63, 3.8) is 0 Å². The van der Waals surface area contributed by atoms with Crippen molar-refractivity contribution in [1.82, 2.24) is 30.1 Å². The molecule has 0 aliphatic carbocycles. The molecule has 1 atom stereocenters. The highest BCUT2D eigenvalue weighted by Crippen LogP contribution is 2.34. The summed E-state index contributed by atoms with van der Waals surface area (Å²) in [5.41, 5.74) is 6.77. The van der Waals surface area contributed by atoms with Gasteiger partial charge in [0.25, 0.3) is 0 Å². The molecular weight excluding hydrogens is 448 g/mol. The number of nitrogens with one attached hydrogen (secondary N) is 1. The van der Waals surface area contributed by atoms with Crippen LogP contribution >= 0.6 is 11.6 Å². The normalized spacial score (nSPS) is 19.6. The number of piperazine rings is 1. The molecule has 34 heavy (non-hydrogen) atoms. The Labute approximate surface area is 203 Å². The van der Waals surface area contributed by atoms with Crippen LogP contribution in [-0.4, -0.2) is 69.2 Å². The third kappa shape index (κ3) is 4.19. The number of benzene rings is 2. The zero-order valence-electron chi connectivity index (χ0n) is 19.0. The number of hydrogen-bond acceptors (Lipinski definition) is 5. The van der Waals surface area contributed by atoms with Crippen molar-refractivity contribution in [2.45, 2.75) is 25.6 Å². The smallest absolute Gasteiger partial charge is 0.121 e. The first-order valence-corrected chi connectivity index (χ1v) is 12.3. The maximum atomic E-state index is 9.48. The van der Waals surface area contributed by atoms with Gasteiger partial charge < -0.3 is 10.1 Å². The van der Waals surface area contributed by atoms with E-state index in [0.717, 1.165) is 68.1 Å². The molecule has 0 saturated carbocycles. The predicted molar refractivity (Wildman–Crippen MR) is 134 cm³/mol. The van der Waals surface area contributed by atoms with Gasteiger partial charge in [-0.2, -0.15) is 0 Å². The summed E-state index contributed by atoms with van der Waals surface area (Å²) in [4.78, 5) is 18.0. The SMILES string of the molecule is OCCN1CC[N]C(c2c3c(nc4ccccc24)CCN(Cc2nc4ccc(Cl)cc4[nH]2)C3)C1. The maximum Gasteiger partial charge on any atom is 0.121 e. The van der Waals surface area contributed by atoms with Gasteiger partial charge in [0.05, 0.1) is 35.7 Å². The highest BCUT2D eigenvalue weighted by Gasteiger charge is 2.30. The van der Waals surface area contributed by atoms with Crippen LogP contribution in [0.25, 0.3) is 21.9 Å². The minimum Gasteiger partial charge on any atom is -0.395 e. The standard InChI is InChI=1S/C26H28ClN6O/c27-17-5-6-22-23(13-17)31-25(30-22)16-33-9-7-21-19(14-33)26(18-3-1-2-4-20(18)29-21)24-15-32(11-12-34)10-8-28-24/h1-6,13,24,34H,7-12,14-16H2,(H,30,31). The Kier molecular flexibility index (Phi) is 5.97. The molecule has 1 radical (unpaired) electrons. The highest BCUT2D eigenvalue weighted by molar-refractivity contribution is 6.31. The zero-order chi connectivity index (χ0) is 23.1. The molecule has 1 unspecified atom stereocenters. The van der Waals surface area contributed by atoms with E-state index in [-0.39, 0.29) is 12.6 Å². The highest BCUT2D eigenvalue weighted by atomic mass is 35.5. The van der Waals surface area contributed by atoms with Gasteiger partial charge in [-0.3, -0.25) is 14.8 Å². The number of aliphatic hydroxyl groups excluding tert-OH is 1. The van der Waals surface area contributed by atoms with Gasteiger partial charge in [-0.25, -0.2) is 10.3 Å². The van der Waals surface area contributed by atoms with E-state index in [1.165, 1.54) is 22.2 Å². The maximum absolute atomic E-state index is 9.48. The summed E-state index contributed by atoms with van der Waals surface area (Å²) >= 11 is 6.15. The van der Waals surface area contributed by atoms with Crippen LogP contribution in [0.3, 0.4) is 0 Å². The second kappa shape index (κ2) is 9.24. The number of imidazole rings is 1. The number of rotatable bonds is 5. The third-order valence-corrected chi connectivity index (χ3v) is 7.22. The number of H-pyrrole nitrogens is 1. The molecule has 6 rings (SSSR count). The summed E-state index contributed by atoms with van der Waals surface area (Å²) in [5.74, 6) is 0.951. The average molecular weight is 476 g/mol. The van der Waals surface area contributed by atoms with Gasteiger partial charge in [0.2, 0.25) is 0 Å². The monoisotopic (exact) mass is 475 g/mol. The fourth-order valence-corrected chi connectivity index (χ4v) is 5.56. The van der Waals surface area contributed by atoms with Crippen LogP contribution in [0.2, 0.25) is 5.02 Å². The summed E-state index contributed by atoms with van der Waals surface area (Å²) in [6.45, 7) is 5.92. The number of aliphatic hydroxyl groups is 1. The Morgan fingerprint density at radius 1 is 1.06 bits per heavy atom. The molecule has 2 aliphatic heterocycles. The second-order valence-electron chi connectivity index (χ2n) is 9.22. The molecule has 2 aromatic heterocycles. The molecule has 8 heteroatoms. The van der Waals surface area contributed by atoms with Crippen molar-refractivity contribution in [3.05, 3.63) is 70.1 Å². The fraction of sp³-hybridized carbons (Fsp3) is 0.385. The average Bonchev–Trinajstić information content (AvgIpc) is 3.24. The molecule has 7 nitrogen and oxygen atoms in total. The van der Waals surface area contributed by atoms with E-state index < -0.39 is 0 Å². The lowest BCUT2D eigenvalue weighted by molar-refractivity contribution is 0.154. The van der Waals surface area contributed by atoms with E-state index in [1.807, 2.05) is 18.2 Å². The van der Waals surface area contributed by atoms with Crippen molar-refractivity contribution < 1.29 is 5.11 Å². The number of pyridine rings is 1. The van der Waals surface area contributed by atoms with Gasteiger partial charge >= 0.3 is 0 Å². The summed E-state index contributed by atoms with van der Waals surface area (Å²) < 4.78 is 0. The molecule has 0 amide bonds. The van der Waals surface area contributed by atoms with E-state index in [4.69, 9.17) is 26.9 Å². The fourth-order valence-electron chi connectivity index (χ4n) is 5.39. The van der Waals surface area contributed by atoms with Crippen molar-refractivity contribution in [2.75, 3.05) is 39.3 Å². The molecule has 1 saturated heterocycles. The first kappa shape index (κ1) is 21.9. The Hall–Kier alpha value is -2.55. The quantitative estimate of drug-likeness (QED) is 0.463. The summed E-state index contributed by atoms with van der Waals surface area (Å²) in [7, 11) is 0. The topological polar surface area (TPSA) is 82.4 Å². The minimum atomic E-state index is 0.0928. The number of hydrogen-bond donors (Lipinski definition) is 2. The van der Waals surface area contributed by atoms with E-state index in [2.05, 4.69) is 39.0 Å². The van der Waals surface area contributed by atoms with Gasteiger partial charge in [-0.1, -0.05) is 29.8 Å². The van der Waals surface area contributed by atoms with Gasteiger partial charge in [-0.15, -0.1) is 0 Å². The van der Waals surface area contributed by atoms with Crippen LogP contribution in [0.5, 0.6) is 0 Å². The van der Waals surface area contributed by atoms with Gasteiger partial charge in [0, 0.05) is 61.8 Å². The Balaban J connectivity index is 1.34. The summed E-state index contributed by atoms with van der Waals surface area (Å²) in [6.07, 6.45) is 0.909. The van der Waals surface area contributed by atoms with Gasteiger partial charge in [-0.05, 0) is 35.4 Å². The van der Waals surface area contributed by atoms with E-state index in [0.29, 0.717) is 11.6 Å². The Morgan fingerprint density at radius 3 is 2.88 bits per heavy atom. The number of para-hydroxylation sites is 1. The van der Waals surface area contributed by atoms with Crippen LogP contribution in [0.4, 0.5) is 0 Å². The molecule has 175 valence electrons. The molecule has 4 aromatic rings. The summed E-state index contributed by atoms with van der Waals surface area (Å²) in [5, 5.41) is 16.4. The van der Waals surface area contributed by atoms with E-state index >= 15 is 0 Å². The van der Waals surface area contributed by atoms with Crippen LogP contribution in [0.1, 0.15) is 28.7 Å². The number of nitrogens with zero attached hydrogens (tertiary/aromatic N) is 5. The molecule has 2 aromatic carbocycles. The lowest BCUT2D eigenvalue weighted by Gasteiger charge is -2.36. The van der Waals surface area contributed by atoms with Crippen LogP contribution in [0.15, 0.2) is 42.5 Å². The van der Waals surface area contributed by atoms with Crippen molar-refractivity contribution in [1.29, 1.82) is 0 Å². The number of halogens is 1. The molecular formula is C26H28ClN6O. The molecule has 2 aliphatic rings. The minimum absolute atomic E-state index is 0.0928. The molecule has 4 heterocycles. The Bertz CT molecular complexity index is 1340. The van der Waals surface area contributed by atoms with Crippen LogP contribution in [0, 0.1) is 0 Å². The van der Waals surface area contributed by atoms with E-state index in [1.54, 1.807) is 0 Å². The lowest BCUT2D eigenvalue weighted by Crippen LogP contribution is -2.44. The molecule has 1 fully saturated rings. The predicted octanol–water partition coefficient (Wildman–Crippen LogP) is 3.28. The number of fused-ring (bicyclic) bond motifs is 3. The Morgan fingerprint density at radius 2 is 1.97 bits per heavy atom. The van der Waals surface area contributed by atoms with E-state index in [9.17, 15) is 5.11 Å². The number of aromatic amines is 1. The van der Waals surface area contributed by atoms with Gasteiger partial charge in [0.15, 0.2) is 0 Å². The van der Waals surface area contributed by atoms with Crippen molar-refractivity contribution >= 4 is 33.5 Å². The van der Waals surface area contributed by atoms with Crippen molar-refractivity contribution in [3.8, 4) is 0 Å². The summed E-state index contributed by atoms with van der Waals surface area (Å²) in [6, 6.07) is 14.3. The molecule has 0 spiro atoms. The second-order valence-corrected chi connectivity index (χ2v) is 9.66.